The van der Waals surface area contributed by atoms with Gasteiger partial charge < -0.3 is 10.6 Å². The van der Waals surface area contributed by atoms with Gasteiger partial charge >= 0.3 is 0 Å². The zero-order valence-corrected chi connectivity index (χ0v) is 11.7. The zero-order valence-electron chi connectivity index (χ0n) is 11.7. The van der Waals surface area contributed by atoms with Crippen LogP contribution < -0.4 is 5.73 Å². The van der Waals surface area contributed by atoms with Crippen LogP contribution in [0.4, 0.5) is 0 Å². The van der Waals surface area contributed by atoms with E-state index in [1.165, 1.54) is 31.5 Å². The van der Waals surface area contributed by atoms with Crippen molar-refractivity contribution in [3.63, 3.8) is 0 Å². The second kappa shape index (κ2) is 6.35. The summed E-state index contributed by atoms with van der Waals surface area (Å²) in [5.74, 6) is 1.30. The fourth-order valence-electron chi connectivity index (χ4n) is 3.14. The van der Waals surface area contributed by atoms with Gasteiger partial charge in [0.05, 0.1) is 0 Å². The van der Waals surface area contributed by atoms with Gasteiger partial charge in [0.15, 0.2) is 0 Å². The summed E-state index contributed by atoms with van der Waals surface area (Å²) in [6.45, 7) is 7.81. The molecule has 1 fully saturated rings. The Hall–Kier alpha value is -0.860. The fraction of sp³-hybridized carbons (Fsp3) is 0.625. The van der Waals surface area contributed by atoms with Crippen LogP contribution in [0.2, 0.25) is 0 Å². The van der Waals surface area contributed by atoms with Crippen molar-refractivity contribution < 1.29 is 0 Å². The highest BCUT2D eigenvalue weighted by molar-refractivity contribution is 5.21. The molecule has 1 unspecified atom stereocenters. The summed E-state index contributed by atoms with van der Waals surface area (Å²) in [5.41, 5.74) is 7.44. The lowest BCUT2D eigenvalue weighted by atomic mass is 9.80. The summed E-state index contributed by atoms with van der Waals surface area (Å²) in [4.78, 5) is 2.58. The molecular formula is C16H26N2. The largest absolute Gasteiger partial charge is 0.330 e. The van der Waals surface area contributed by atoms with Crippen LogP contribution in [0.1, 0.15) is 38.2 Å². The van der Waals surface area contributed by atoms with Crippen LogP contribution >= 0.6 is 0 Å². The minimum Gasteiger partial charge on any atom is -0.330 e. The molecule has 18 heavy (non-hydrogen) atoms. The van der Waals surface area contributed by atoms with E-state index in [0.29, 0.717) is 12.0 Å². The second-order valence-electron chi connectivity index (χ2n) is 5.72. The Morgan fingerprint density at radius 3 is 2.28 bits per heavy atom. The molecule has 0 aliphatic carbocycles. The van der Waals surface area contributed by atoms with Crippen molar-refractivity contribution in [3.05, 3.63) is 35.9 Å². The highest BCUT2D eigenvalue weighted by Crippen LogP contribution is 2.32. The van der Waals surface area contributed by atoms with Crippen molar-refractivity contribution in [3.8, 4) is 0 Å². The first-order valence-electron chi connectivity index (χ1n) is 7.21. The van der Waals surface area contributed by atoms with Crippen LogP contribution in [0.3, 0.4) is 0 Å². The van der Waals surface area contributed by atoms with Gasteiger partial charge in [0, 0.05) is 6.04 Å². The monoisotopic (exact) mass is 246 g/mol. The van der Waals surface area contributed by atoms with Gasteiger partial charge in [-0.25, -0.2) is 0 Å². The molecule has 1 saturated heterocycles. The predicted molar refractivity (Wildman–Crippen MR) is 77.7 cm³/mol. The normalized spacial score (nSPS) is 20.2. The maximum absolute atomic E-state index is 6.02. The Kier molecular flexibility index (Phi) is 4.79. The number of likely N-dealkylation sites (tertiary alicyclic amines) is 1. The fourth-order valence-corrected chi connectivity index (χ4v) is 3.14. The quantitative estimate of drug-likeness (QED) is 0.885. The summed E-state index contributed by atoms with van der Waals surface area (Å²) < 4.78 is 0. The molecule has 1 aromatic rings. The first-order chi connectivity index (χ1) is 8.72. The standard InChI is InChI=1S/C16H26N2/c1-13(2)18-10-8-15(9-11-18)16(12-17)14-6-4-3-5-7-14/h3-7,13,15-16H,8-12,17H2,1-2H3. The summed E-state index contributed by atoms with van der Waals surface area (Å²) in [5, 5.41) is 0. The molecule has 0 bridgehead atoms. The van der Waals surface area contributed by atoms with Crippen LogP contribution in [0, 0.1) is 5.92 Å². The van der Waals surface area contributed by atoms with Gasteiger partial charge in [0.25, 0.3) is 0 Å². The Balaban J connectivity index is 1.99. The number of nitrogens with zero attached hydrogens (tertiary/aromatic N) is 1. The van der Waals surface area contributed by atoms with Gasteiger partial charge in [0.2, 0.25) is 0 Å². The molecule has 0 spiro atoms. The van der Waals surface area contributed by atoms with Gasteiger partial charge in [-0.05, 0) is 63.7 Å². The van der Waals surface area contributed by atoms with Crippen molar-refractivity contribution in [1.29, 1.82) is 0 Å². The van der Waals surface area contributed by atoms with Gasteiger partial charge in [-0.2, -0.15) is 0 Å². The minimum atomic E-state index is 0.542. The van der Waals surface area contributed by atoms with Gasteiger partial charge in [-0.15, -0.1) is 0 Å². The van der Waals surface area contributed by atoms with E-state index in [0.717, 1.165) is 12.5 Å². The molecule has 1 aliphatic heterocycles. The van der Waals surface area contributed by atoms with Crippen LogP contribution in [0.15, 0.2) is 30.3 Å². The number of hydrogen-bond donors (Lipinski definition) is 1. The van der Waals surface area contributed by atoms with E-state index in [1.54, 1.807) is 0 Å². The summed E-state index contributed by atoms with van der Waals surface area (Å²) in [7, 11) is 0. The molecule has 0 radical (unpaired) electrons. The van der Waals surface area contributed by atoms with E-state index in [2.05, 4.69) is 49.1 Å². The molecule has 1 aliphatic rings. The molecule has 1 heterocycles. The first-order valence-corrected chi connectivity index (χ1v) is 7.21. The number of benzene rings is 1. The van der Waals surface area contributed by atoms with Crippen molar-refractivity contribution in [2.24, 2.45) is 11.7 Å². The number of hydrogen-bond acceptors (Lipinski definition) is 2. The third-order valence-electron chi connectivity index (χ3n) is 4.36. The van der Waals surface area contributed by atoms with E-state index in [1.807, 2.05) is 0 Å². The van der Waals surface area contributed by atoms with E-state index in [9.17, 15) is 0 Å². The number of rotatable bonds is 4. The maximum Gasteiger partial charge on any atom is 0.00385 e. The third-order valence-corrected chi connectivity index (χ3v) is 4.36. The molecule has 1 aromatic carbocycles. The SMILES string of the molecule is CC(C)N1CCC(C(CN)c2ccccc2)CC1. The Bertz CT molecular complexity index is 339. The molecule has 1 atom stereocenters. The Morgan fingerprint density at radius 2 is 1.78 bits per heavy atom. The van der Waals surface area contributed by atoms with Crippen molar-refractivity contribution in [1.82, 2.24) is 4.90 Å². The van der Waals surface area contributed by atoms with Crippen molar-refractivity contribution in [2.45, 2.75) is 38.6 Å². The molecular weight excluding hydrogens is 220 g/mol. The van der Waals surface area contributed by atoms with Crippen molar-refractivity contribution in [2.75, 3.05) is 19.6 Å². The lowest BCUT2D eigenvalue weighted by Crippen LogP contribution is -2.40. The van der Waals surface area contributed by atoms with E-state index < -0.39 is 0 Å². The van der Waals surface area contributed by atoms with E-state index >= 15 is 0 Å². The lowest BCUT2D eigenvalue weighted by Gasteiger charge is -2.37. The van der Waals surface area contributed by atoms with Gasteiger partial charge in [0.1, 0.15) is 0 Å². The summed E-state index contributed by atoms with van der Waals surface area (Å²) in [6.07, 6.45) is 2.57. The Morgan fingerprint density at radius 1 is 1.17 bits per heavy atom. The molecule has 2 heteroatoms. The molecule has 0 saturated carbocycles. The molecule has 2 rings (SSSR count). The molecule has 0 amide bonds. The molecule has 2 nitrogen and oxygen atoms in total. The van der Waals surface area contributed by atoms with Crippen molar-refractivity contribution >= 4 is 0 Å². The highest BCUT2D eigenvalue weighted by atomic mass is 15.1. The molecule has 2 N–H and O–H groups in total. The first kappa shape index (κ1) is 13.6. The van der Waals surface area contributed by atoms with E-state index in [-0.39, 0.29) is 0 Å². The second-order valence-corrected chi connectivity index (χ2v) is 5.72. The number of piperidine rings is 1. The van der Waals surface area contributed by atoms with Crippen LogP contribution in [0.25, 0.3) is 0 Å². The zero-order chi connectivity index (χ0) is 13.0. The maximum atomic E-state index is 6.02. The van der Waals surface area contributed by atoms with Crippen LogP contribution in [-0.4, -0.2) is 30.6 Å². The van der Waals surface area contributed by atoms with Gasteiger partial charge in [-0.3, -0.25) is 0 Å². The Labute approximate surface area is 111 Å². The highest BCUT2D eigenvalue weighted by Gasteiger charge is 2.27. The average Bonchev–Trinajstić information content (AvgIpc) is 2.41. The molecule has 100 valence electrons. The lowest BCUT2D eigenvalue weighted by molar-refractivity contribution is 0.138. The van der Waals surface area contributed by atoms with E-state index in [4.69, 9.17) is 5.73 Å². The van der Waals surface area contributed by atoms with Gasteiger partial charge in [-0.1, -0.05) is 30.3 Å². The average molecular weight is 246 g/mol. The van der Waals surface area contributed by atoms with Crippen LogP contribution in [-0.2, 0) is 0 Å². The smallest absolute Gasteiger partial charge is 0.00385 e. The predicted octanol–water partition coefficient (Wildman–Crippen LogP) is 2.85. The van der Waals surface area contributed by atoms with Crippen LogP contribution in [0.5, 0.6) is 0 Å². The number of nitrogens with two attached hydrogens (primary N) is 1. The topological polar surface area (TPSA) is 29.3 Å². The summed E-state index contributed by atoms with van der Waals surface area (Å²) in [6, 6.07) is 11.5. The molecule has 0 aromatic heterocycles. The third kappa shape index (κ3) is 3.12. The summed E-state index contributed by atoms with van der Waals surface area (Å²) >= 11 is 0. The minimum absolute atomic E-state index is 0.542.